The van der Waals surface area contributed by atoms with E-state index in [-0.39, 0.29) is 5.91 Å². The highest BCUT2D eigenvalue weighted by atomic mass is 35.5. The van der Waals surface area contributed by atoms with E-state index in [1.165, 1.54) is 19.3 Å². The maximum Gasteiger partial charge on any atom is 0.274 e. The van der Waals surface area contributed by atoms with E-state index in [2.05, 4.69) is 15.2 Å². The fourth-order valence-electron chi connectivity index (χ4n) is 2.81. The Morgan fingerprint density at radius 1 is 1.17 bits per heavy atom. The predicted molar refractivity (Wildman–Crippen MR) is 94.4 cm³/mol. The van der Waals surface area contributed by atoms with Gasteiger partial charge < -0.3 is 10.2 Å². The van der Waals surface area contributed by atoms with Gasteiger partial charge in [-0.05, 0) is 62.1 Å². The van der Waals surface area contributed by atoms with Gasteiger partial charge in [-0.25, -0.2) is 4.98 Å². The summed E-state index contributed by atoms with van der Waals surface area (Å²) < 4.78 is 0. The highest BCUT2D eigenvalue weighted by Gasteiger charge is 2.13. The summed E-state index contributed by atoms with van der Waals surface area (Å²) in [4.78, 5) is 19.0. The Morgan fingerprint density at radius 3 is 2.61 bits per heavy atom. The summed E-state index contributed by atoms with van der Waals surface area (Å²) in [5, 5.41) is 3.54. The van der Waals surface area contributed by atoms with Crippen molar-refractivity contribution in [3.63, 3.8) is 0 Å². The molecule has 1 aromatic carbocycles. The smallest absolute Gasteiger partial charge is 0.274 e. The van der Waals surface area contributed by atoms with Crippen LogP contribution >= 0.6 is 11.6 Å². The number of carbonyl (C=O) groups excluding carboxylic acids is 1. The van der Waals surface area contributed by atoms with Crippen LogP contribution < -0.4 is 10.2 Å². The molecule has 0 atom stereocenters. The second kappa shape index (κ2) is 7.01. The fourth-order valence-corrected chi connectivity index (χ4v) is 3.04. The summed E-state index contributed by atoms with van der Waals surface area (Å²) in [6, 6.07) is 9.14. The minimum absolute atomic E-state index is 0.208. The molecule has 5 heteroatoms. The lowest BCUT2D eigenvalue weighted by atomic mass is 10.1. The Labute approximate surface area is 141 Å². The van der Waals surface area contributed by atoms with Crippen LogP contribution in [0.5, 0.6) is 0 Å². The molecule has 1 saturated heterocycles. The zero-order chi connectivity index (χ0) is 16.2. The number of anilines is 2. The molecule has 3 rings (SSSR count). The molecule has 0 aliphatic carbocycles. The summed E-state index contributed by atoms with van der Waals surface area (Å²) >= 11 is 5.93. The minimum atomic E-state index is -0.208. The monoisotopic (exact) mass is 329 g/mol. The summed E-state index contributed by atoms with van der Waals surface area (Å²) in [6.07, 6.45) is 5.52. The molecule has 0 radical (unpaired) electrons. The Balaban J connectivity index is 1.69. The molecular formula is C18H20ClN3O. The summed E-state index contributed by atoms with van der Waals surface area (Å²) in [7, 11) is 0. The van der Waals surface area contributed by atoms with Crippen LogP contribution in [0.15, 0.2) is 36.5 Å². The maximum absolute atomic E-state index is 12.3. The average molecular weight is 330 g/mol. The molecule has 0 bridgehead atoms. The third-order valence-electron chi connectivity index (χ3n) is 4.14. The number of aryl methyl sites for hydroxylation is 1. The summed E-state index contributed by atoms with van der Waals surface area (Å²) in [5.74, 6) is -0.208. The van der Waals surface area contributed by atoms with Crippen molar-refractivity contribution in [2.24, 2.45) is 0 Å². The zero-order valence-electron chi connectivity index (χ0n) is 13.2. The van der Waals surface area contributed by atoms with Crippen molar-refractivity contribution in [1.82, 2.24) is 4.98 Å². The Kier molecular flexibility index (Phi) is 4.82. The maximum atomic E-state index is 12.3. The van der Waals surface area contributed by atoms with Crippen molar-refractivity contribution >= 4 is 28.9 Å². The van der Waals surface area contributed by atoms with Crippen LogP contribution in [0.4, 0.5) is 11.4 Å². The molecule has 1 aliphatic rings. The van der Waals surface area contributed by atoms with Gasteiger partial charge in [-0.1, -0.05) is 11.6 Å². The molecule has 1 amide bonds. The van der Waals surface area contributed by atoms with Gasteiger partial charge in [0.2, 0.25) is 0 Å². The van der Waals surface area contributed by atoms with E-state index in [4.69, 9.17) is 11.6 Å². The molecule has 0 saturated carbocycles. The second-order valence-corrected chi connectivity index (χ2v) is 6.30. The number of hydrogen-bond acceptors (Lipinski definition) is 3. The highest BCUT2D eigenvalue weighted by Crippen LogP contribution is 2.21. The van der Waals surface area contributed by atoms with Crippen LogP contribution in [0.1, 0.15) is 35.3 Å². The first-order valence-corrected chi connectivity index (χ1v) is 8.30. The molecule has 2 heterocycles. The third-order valence-corrected chi connectivity index (χ3v) is 4.37. The number of aromatic nitrogens is 1. The van der Waals surface area contributed by atoms with Gasteiger partial charge in [0.05, 0.1) is 11.9 Å². The van der Waals surface area contributed by atoms with Crippen molar-refractivity contribution < 1.29 is 4.79 Å². The molecular weight excluding hydrogens is 310 g/mol. The first-order chi connectivity index (χ1) is 11.1. The standard InChI is InChI=1S/C18H20ClN3O/c1-13-11-14(19)5-7-16(13)21-18(23)17-8-6-15(12-20-17)22-9-3-2-4-10-22/h5-8,11-12H,2-4,9-10H2,1H3,(H,21,23). The van der Waals surface area contributed by atoms with Gasteiger partial charge in [0, 0.05) is 23.8 Å². The molecule has 1 fully saturated rings. The van der Waals surface area contributed by atoms with Gasteiger partial charge in [-0.3, -0.25) is 4.79 Å². The number of benzene rings is 1. The van der Waals surface area contributed by atoms with Crippen molar-refractivity contribution in [3.8, 4) is 0 Å². The van der Waals surface area contributed by atoms with Crippen molar-refractivity contribution in [1.29, 1.82) is 0 Å². The first-order valence-electron chi connectivity index (χ1n) is 7.92. The van der Waals surface area contributed by atoms with E-state index in [0.717, 1.165) is 30.0 Å². The third kappa shape index (κ3) is 3.82. The van der Waals surface area contributed by atoms with Crippen LogP contribution in [0.2, 0.25) is 5.02 Å². The lowest BCUT2D eigenvalue weighted by Crippen LogP contribution is -2.29. The average Bonchev–Trinajstić information content (AvgIpc) is 2.58. The highest BCUT2D eigenvalue weighted by molar-refractivity contribution is 6.30. The molecule has 2 aromatic rings. The van der Waals surface area contributed by atoms with Crippen molar-refractivity contribution in [3.05, 3.63) is 52.8 Å². The van der Waals surface area contributed by atoms with E-state index in [0.29, 0.717) is 10.7 Å². The van der Waals surface area contributed by atoms with Crippen molar-refractivity contribution in [2.45, 2.75) is 26.2 Å². The van der Waals surface area contributed by atoms with Gasteiger partial charge in [0.1, 0.15) is 5.69 Å². The summed E-state index contributed by atoms with van der Waals surface area (Å²) in [5.41, 5.74) is 3.18. The topological polar surface area (TPSA) is 45.2 Å². The van der Waals surface area contributed by atoms with E-state index < -0.39 is 0 Å². The Hall–Kier alpha value is -2.07. The van der Waals surface area contributed by atoms with E-state index >= 15 is 0 Å². The molecule has 1 aromatic heterocycles. The Bertz CT molecular complexity index is 694. The van der Waals surface area contributed by atoms with Gasteiger partial charge in [-0.2, -0.15) is 0 Å². The number of pyridine rings is 1. The quantitative estimate of drug-likeness (QED) is 0.913. The Morgan fingerprint density at radius 2 is 1.96 bits per heavy atom. The van der Waals surface area contributed by atoms with Crippen LogP contribution in [-0.4, -0.2) is 24.0 Å². The van der Waals surface area contributed by atoms with Gasteiger partial charge in [0.15, 0.2) is 0 Å². The molecule has 4 nitrogen and oxygen atoms in total. The van der Waals surface area contributed by atoms with Crippen molar-refractivity contribution in [2.75, 3.05) is 23.3 Å². The number of carbonyl (C=O) groups is 1. The zero-order valence-corrected chi connectivity index (χ0v) is 13.9. The molecule has 1 N–H and O–H groups in total. The number of hydrogen-bond donors (Lipinski definition) is 1. The molecule has 1 aliphatic heterocycles. The first kappa shape index (κ1) is 15.8. The number of nitrogens with one attached hydrogen (secondary N) is 1. The van der Waals surface area contributed by atoms with E-state index in [1.54, 1.807) is 24.4 Å². The largest absolute Gasteiger partial charge is 0.370 e. The second-order valence-electron chi connectivity index (χ2n) is 5.86. The van der Waals surface area contributed by atoms with Crippen LogP contribution in [0.25, 0.3) is 0 Å². The van der Waals surface area contributed by atoms with Crippen LogP contribution in [-0.2, 0) is 0 Å². The molecule has 0 unspecified atom stereocenters. The molecule has 120 valence electrons. The van der Waals surface area contributed by atoms with Gasteiger partial charge >= 0.3 is 0 Å². The molecule has 0 spiro atoms. The predicted octanol–water partition coefficient (Wildman–Crippen LogP) is 4.29. The lowest BCUT2D eigenvalue weighted by Gasteiger charge is -2.28. The van der Waals surface area contributed by atoms with Gasteiger partial charge in [-0.15, -0.1) is 0 Å². The van der Waals surface area contributed by atoms with Crippen LogP contribution in [0.3, 0.4) is 0 Å². The number of halogens is 1. The normalized spacial score (nSPS) is 14.6. The lowest BCUT2D eigenvalue weighted by molar-refractivity contribution is 0.102. The SMILES string of the molecule is Cc1cc(Cl)ccc1NC(=O)c1ccc(N2CCCCC2)cn1. The van der Waals surface area contributed by atoms with Gasteiger partial charge in [0.25, 0.3) is 5.91 Å². The minimum Gasteiger partial charge on any atom is -0.370 e. The van der Waals surface area contributed by atoms with E-state index in [9.17, 15) is 4.79 Å². The molecule has 23 heavy (non-hydrogen) atoms. The number of nitrogens with zero attached hydrogens (tertiary/aromatic N) is 2. The number of piperidine rings is 1. The van der Waals surface area contributed by atoms with Crippen LogP contribution in [0, 0.1) is 6.92 Å². The fraction of sp³-hybridized carbons (Fsp3) is 0.333. The van der Waals surface area contributed by atoms with E-state index in [1.807, 2.05) is 19.1 Å². The number of rotatable bonds is 3. The summed E-state index contributed by atoms with van der Waals surface area (Å²) in [6.45, 7) is 4.04. The number of amides is 1.